The molecule has 0 aliphatic carbocycles. The van der Waals surface area contributed by atoms with E-state index in [0.717, 1.165) is 40.6 Å². The van der Waals surface area contributed by atoms with E-state index < -0.39 is 0 Å². The van der Waals surface area contributed by atoms with E-state index in [1.54, 1.807) is 18.5 Å². The van der Waals surface area contributed by atoms with Crippen molar-refractivity contribution in [3.63, 3.8) is 0 Å². The van der Waals surface area contributed by atoms with Crippen LogP contribution in [0.25, 0.3) is 6.08 Å². The van der Waals surface area contributed by atoms with Gasteiger partial charge in [0.05, 0.1) is 5.69 Å². The Hall–Kier alpha value is -4.19. The number of aromatic nitrogens is 3. The third kappa shape index (κ3) is 5.92. The van der Waals surface area contributed by atoms with E-state index in [0.29, 0.717) is 6.61 Å². The second-order valence-electron chi connectivity index (χ2n) is 7.30. The van der Waals surface area contributed by atoms with Gasteiger partial charge >= 0.3 is 0 Å². The Morgan fingerprint density at radius 1 is 1.00 bits per heavy atom. The van der Waals surface area contributed by atoms with Crippen LogP contribution in [0.15, 0.2) is 91.4 Å². The van der Waals surface area contributed by atoms with Gasteiger partial charge in [-0.05, 0) is 60.5 Å². The molecule has 0 radical (unpaired) electrons. The quantitative estimate of drug-likeness (QED) is 0.410. The molecule has 1 N–H and O–H groups in total. The third-order valence-electron chi connectivity index (χ3n) is 4.92. The summed E-state index contributed by atoms with van der Waals surface area (Å²) < 4.78 is 7.80. The Labute approximate surface area is 187 Å². The molecule has 0 fully saturated rings. The van der Waals surface area contributed by atoms with Crippen LogP contribution in [0, 0.1) is 6.92 Å². The van der Waals surface area contributed by atoms with Crippen molar-refractivity contribution in [3.05, 3.63) is 114 Å². The lowest BCUT2D eigenvalue weighted by Gasteiger charge is -2.07. The predicted octanol–water partition coefficient (Wildman–Crippen LogP) is 4.87. The summed E-state index contributed by atoms with van der Waals surface area (Å²) in [5, 5.41) is 2.88. The van der Waals surface area contributed by atoms with Crippen molar-refractivity contribution in [1.82, 2.24) is 14.5 Å². The molecular formula is C26H24N4O2. The molecule has 4 rings (SSSR count). The van der Waals surface area contributed by atoms with Crippen molar-refractivity contribution in [2.45, 2.75) is 20.1 Å². The number of carbonyl (C=O) groups is 1. The Morgan fingerprint density at radius 3 is 2.50 bits per heavy atom. The summed E-state index contributed by atoms with van der Waals surface area (Å²) in [6.07, 6.45) is 8.78. The fourth-order valence-electron chi connectivity index (χ4n) is 3.13. The molecule has 0 spiro atoms. The van der Waals surface area contributed by atoms with Crippen molar-refractivity contribution < 1.29 is 9.53 Å². The van der Waals surface area contributed by atoms with Gasteiger partial charge in [-0.25, -0.2) is 4.98 Å². The zero-order chi connectivity index (χ0) is 22.2. The van der Waals surface area contributed by atoms with Crippen molar-refractivity contribution in [3.8, 4) is 5.75 Å². The Morgan fingerprint density at radius 2 is 1.81 bits per heavy atom. The smallest absolute Gasteiger partial charge is 0.248 e. The standard InChI is InChI=1S/C26H24N4O2/c1-20-27-16-17-30(20)18-22-5-10-23(11-6-22)29-26(31)14-9-21-7-12-25(13-8-21)32-19-24-4-2-3-15-28-24/h2-17H,18-19H2,1H3,(H,29,31)/b14-9+. The molecule has 160 valence electrons. The second kappa shape index (κ2) is 10.2. The SMILES string of the molecule is Cc1nccn1Cc1ccc(NC(=O)/C=C/c2ccc(OCc3ccccn3)cc2)cc1. The highest BCUT2D eigenvalue weighted by Gasteiger charge is 2.02. The van der Waals surface area contributed by atoms with Gasteiger partial charge in [-0.1, -0.05) is 30.3 Å². The summed E-state index contributed by atoms with van der Waals surface area (Å²) >= 11 is 0. The van der Waals surface area contributed by atoms with Gasteiger partial charge in [-0.3, -0.25) is 9.78 Å². The largest absolute Gasteiger partial charge is 0.487 e. The number of aryl methyl sites for hydroxylation is 1. The molecule has 0 atom stereocenters. The van der Waals surface area contributed by atoms with E-state index in [1.807, 2.05) is 79.9 Å². The first-order chi connectivity index (χ1) is 15.7. The fourth-order valence-corrected chi connectivity index (χ4v) is 3.13. The monoisotopic (exact) mass is 424 g/mol. The minimum Gasteiger partial charge on any atom is -0.487 e. The van der Waals surface area contributed by atoms with Gasteiger partial charge in [0.25, 0.3) is 0 Å². The summed E-state index contributed by atoms with van der Waals surface area (Å²) in [4.78, 5) is 20.7. The van der Waals surface area contributed by atoms with Crippen LogP contribution >= 0.6 is 0 Å². The highest BCUT2D eigenvalue weighted by Crippen LogP contribution is 2.15. The molecule has 32 heavy (non-hydrogen) atoms. The lowest BCUT2D eigenvalue weighted by atomic mass is 10.2. The number of rotatable bonds is 8. The highest BCUT2D eigenvalue weighted by molar-refractivity contribution is 6.01. The average molecular weight is 425 g/mol. The third-order valence-corrected chi connectivity index (χ3v) is 4.92. The lowest BCUT2D eigenvalue weighted by molar-refractivity contribution is -0.111. The minimum atomic E-state index is -0.182. The van der Waals surface area contributed by atoms with Crippen LogP contribution < -0.4 is 10.1 Å². The van der Waals surface area contributed by atoms with Crippen molar-refractivity contribution in [1.29, 1.82) is 0 Å². The van der Waals surface area contributed by atoms with Crippen LogP contribution in [0.3, 0.4) is 0 Å². The van der Waals surface area contributed by atoms with Gasteiger partial charge < -0.3 is 14.6 Å². The number of benzene rings is 2. The van der Waals surface area contributed by atoms with Crippen LogP contribution in [-0.2, 0) is 17.9 Å². The number of pyridine rings is 1. The van der Waals surface area contributed by atoms with Crippen LogP contribution in [-0.4, -0.2) is 20.4 Å². The summed E-state index contributed by atoms with van der Waals surface area (Å²) in [5.74, 6) is 1.54. The van der Waals surface area contributed by atoms with Crippen LogP contribution in [0.1, 0.15) is 22.6 Å². The van der Waals surface area contributed by atoms with E-state index in [4.69, 9.17) is 4.74 Å². The first kappa shape index (κ1) is 21.1. The number of ether oxygens (including phenoxy) is 1. The number of anilines is 1. The maximum Gasteiger partial charge on any atom is 0.248 e. The first-order valence-corrected chi connectivity index (χ1v) is 10.3. The summed E-state index contributed by atoms with van der Waals surface area (Å²) in [6.45, 7) is 3.14. The molecule has 0 aliphatic heterocycles. The molecule has 0 bridgehead atoms. The van der Waals surface area contributed by atoms with Crippen molar-refractivity contribution in [2.75, 3.05) is 5.32 Å². The van der Waals surface area contributed by atoms with Gasteiger partial charge in [0.1, 0.15) is 18.2 Å². The predicted molar refractivity (Wildman–Crippen MR) is 125 cm³/mol. The van der Waals surface area contributed by atoms with Crippen molar-refractivity contribution in [2.24, 2.45) is 0 Å². The summed E-state index contributed by atoms with van der Waals surface area (Å²) in [7, 11) is 0. The Kier molecular flexibility index (Phi) is 6.72. The zero-order valence-corrected chi connectivity index (χ0v) is 17.8. The van der Waals surface area contributed by atoms with E-state index in [9.17, 15) is 4.79 Å². The molecule has 6 heteroatoms. The van der Waals surface area contributed by atoms with E-state index >= 15 is 0 Å². The maximum atomic E-state index is 12.3. The van der Waals surface area contributed by atoms with E-state index in [2.05, 4.69) is 19.9 Å². The molecule has 2 aromatic carbocycles. The Bertz CT molecular complexity index is 1180. The Balaban J connectivity index is 1.27. The first-order valence-electron chi connectivity index (χ1n) is 10.3. The van der Waals surface area contributed by atoms with Gasteiger partial charge in [0, 0.05) is 36.9 Å². The molecule has 2 aromatic heterocycles. The maximum absolute atomic E-state index is 12.3. The highest BCUT2D eigenvalue weighted by atomic mass is 16.5. The number of amides is 1. The number of nitrogens with zero attached hydrogens (tertiary/aromatic N) is 3. The van der Waals surface area contributed by atoms with Gasteiger partial charge in [0.2, 0.25) is 5.91 Å². The van der Waals surface area contributed by atoms with Crippen LogP contribution in [0.2, 0.25) is 0 Å². The molecule has 0 unspecified atom stereocenters. The summed E-state index contributed by atoms with van der Waals surface area (Å²) in [5.41, 5.74) is 3.68. The average Bonchev–Trinajstić information content (AvgIpc) is 3.23. The second-order valence-corrected chi connectivity index (χ2v) is 7.30. The summed E-state index contributed by atoms with van der Waals surface area (Å²) in [6, 6.07) is 21.1. The number of hydrogen-bond acceptors (Lipinski definition) is 4. The topological polar surface area (TPSA) is 69.0 Å². The molecular weight excluding hydrogens is 400 g/mol. The van der Waals surface area contributed by atoms with Gasteiger partial charge in [-0.2, -0.15) is 0 Å². The lowest BCUT2D eigenvalue weighted by Crippen LogP contribution is -2.08. The molecule has 2 heterocycles. The normalized spacial score (nSPS) is 10.9. The molecule has 4 aromatic rings. The number of nitrogens with one attached hydrogen (secondary N) is 1. The van der Waals surface area contributed by atoms with E-state index in [1.165, 1.54) is 6.08 Å². The number of imidazole rings is 1. The number of hydrogen-bond donors (Lipinski definition) is 1. The van der Waals surface area contributed by atoms with Crippen molar-refractivity contribution >= 4 is 17.7 Å². The molecule has 0 aliphatic rings. The molecule has 1 amide bonds. The van der Waals surface area contributed by atoms with E-state index in [-0.39, 0.29) is 5.91 Å². The number of carbonyl (C=O) groups excluding carboxylic acids is 1. The zero-order valence-electron chi connectivity index (χ0n) is 17.8. The minimum absolute atomic E-state index is 0.182. The van der Waals surface area contributed by atoms with Gasteiger partial charge in [-0.15, -0.1) is 0 Å². The van der Waals surface area contributed by atoms with Crippen LogP contribution in [0.5, 0.6) is 5.75 Å². The molecule has 0 saturated heterocycles. The molecule has 6 nitrogen and oxygen atoms in total. The van der Waals surface area contributed by atoms with Crippen LogP contribution in [0.4, 0.5) is 5.69 Å². The molecule has 0 saturated carbocycles. The fraction of sp³-hybridized carbons (Fsp3) is 0.115. The van der Waals surface area contributed by atoms with Gasteiger partial charge in [0.15, 0.2) is 0 Å².